The number of hydrogen-bond acceptors (Lipinski definition) is 11. The monoisotopic (exact) mass is 716 g/mol. The molecule has 12 heteroatoms. The van der Waals surface area contributed by atoms with Crippen molar-refractivity contribution in [3.8, 4) is 0 Å². The fourth-order valence-corrected chi connectivity index (χ4v) is 13.0. The Kier molecular flexibility index (Phi) is 9.16. The summed E-state index contributed by atoms with van der Waals surface area (Å²) in [6, 6.07) is -0.607. The van der Waals surface area contributed by atoms with E-state index in [1.165, 1.54) is 0 Å². The number of allylic oxidation sites excluding steroid dienone is 1. The molecule has 1 amide bonds. The zero-order valence-electron chi connectivity index (χ0n) is 30.8. The van der Waals surface area contributed by atoms with Crippen LogP contribution in [0.25, 0.3) is 0 Å². The Morgan fingerprint density at radius 1 is 1.12 bits per heavy atom. The third-order valence-electron chi connectivity index (χ3n) is 15.9. The summed E-state index contributed by atoms with van der Waals surface area (Å²) in [5, 5.41) is 62.6. The van der Waals surface area contributed by atoms with Crippen molar-refractivity contribution in [3.05, 3.63) is 11.1 Å². The molecule has 0 spiro atoms. The standard InChI is InChI=1S/C39H60N2O10/c1-36-10-8-21(50-15-5-14-49-4)17-26(36)30(43)22-7-6-20-16-28(37(2)11-9-25(36)29(22)39(20,37)48)38(3,47)33(44)31-24(19-42)23-18-27(35(46)41-12-13-41)40-34(45)32(23)51-31/h20-21,23-28,31-34,40,42,44-45,47-48H,5-19H2,1-4H3/t20-,21-,23+,24+,25-,26-,27-,28-,31-,32+,33+,34-,36+,37+,38-,39+/m0/s1. The molecule has 3 aliphatic heterocycles. The first-order valence-corrected chi connectivity index (χ1v) is 19.7. The van der Waals surface area contributed by atoms with E-state index in [1.807, 2.05) is 6.92 Å². The highest BCUT2D eigenvalue weighted by atomic mass is 16.5. The molecule has 0 aromatic carbocycles. The summed E-state index contributed by atoms with van der Waals surface area (Å²) < 4.78 is 17.7. The highest BCUT2D eigenvalue weighted by Gasteiger charge is 2.74. The number of fused-ring (bicyclic) bond motifs is 3. The maximum Gasteiger partial charge on any atom is 0.239 e. The summed E-state index contributed by atoms with van der Waals surface area (Å²) in [4.78, 5) is 29.1. The Balaban J connectivity index is 1.06. The number of rotatable bonds is 10. The number of aliphatic hydroxyl groups is 5. The molecule has 8 aliphatic rings. The van der Waals surface area contributed by atoms with E-state index in [9.17, 15) is 35.1 Å². The predicted octanol–water partition coefficient (Wildman–Crippen LogP) is 1.30. The van der Waals surface area contributed by atoms with Gasteiger partial charge in [0.05, 0.1) is 29.5 Å². The average Bonchev–Trinajstić information content (AvgIpc) is 3.84. The number of aliphatic hydroxyl groups excluding tert-OH is 3. The van der Waals surface area contributed by atoms with Crippen LogP contribution in [0.4, 0.5) is 0 Å². The minimum absolute atomic E-state index is 0.0374. The van der Waals surface area contributed by atoms with Crippen LogP contribution in [0.2, 0.25) is 0 Å². The van der Waals surface area contributed by atoms with E-state index in [2.05, 4.69) is 12.2 Å². The highest BCUT2D eigenvalue weighted by Crippen LogP contribution is 2.73. The maximum atomic E-state index is 14.5. The molecule has 16 atom stereocenters. The van der Waals surface area contributed by atoms with Gasteiger partial charge in [-0.05, 0) is 111 Å². The summed E-state index contributed by atoms with van der Waals surface area (Å²) in [6.07, 6.45) is 2.49. The molecule has 0 unspecified atom stereocenters. The van der Waals surface area contributed by atoms with Crippen molar-refractivity contribution >= 4 is 11.7 Å². The molecule has 51 heavy (non-hydrogen) atoms. The Bertz CT molecular complexity index is 1430. The molecule has 0 bridgehead atoms. The third kappa shape index (κ3) is 5.24. The van der Waals surface area contributed by atoms with Crippen LogP contribution >= 0.6 is 0 Å². The molecule has 6 fully saturated rings. The minimum Gasteiger partial charge on any atom is -0.396 e. The predicted molar refractivity (Wildman–Crippen MR) is 184 cm³/mol. The lowest BCUT2D eigenvalue weighted by molar-refractivity contribution is -0.205. The van der Waals surface area contributed by atoms with Crippen molar-refractivity contribution < 1.29 is 49.3 Å². The van der Waals surface area contributed by atoms with Crippen LogP contribution in [-0.2, 0) is 23.8 Å². The van der Waals surface area contributed by atoms with Gasteiger partial charge in [0, 0.05) is 57.3 Å². The van der Waals surface area contributed by atoms with Gasteiger partial charge in [0.2, 0.25) is 5.91 Å². The van der Waals surface area contributed by atoms with E-state index in [0.717, 1.165) is 36.8 Å². The number of carbonyl (C=O) groups excluding carboxylic acids is 2. The van der Waals surface area contributed by atoms with Gasteiger partial charge in [-0.1, -0.05) is 13.8 Å². The van der Waals surface area contributed by atoms with E-state index in [0.29, 0.717) is 64.8 Å². The molecule has 3 heterocycles. The SMILES string of the molecule is COCCCO[C@H]1CC[C@@]2(C)[C@@H](C1)C(=O)C1=C3[C@@H]2CC[C@]2(C)[C@@H]([C@](C)(O)[C@H](O)[C@H]4O[C@@H]5[C@H](C[C@@H](C(=O)N6CC6)N[C@H]5O)[C@H]4CO)C[C@H](CC1)[C@@]32O. The minimum atomic E-state index is -1.72. The molecule has 0 aromatic heterocycles. The summed E-state index contributed by atoms with van der Waals surface area (Å²) in [6.45, 7) is 8.25. The third-order valence-corrected chi connectivity index (χ3v) is 15.9. The van der Waals surface area contributed by atoms with Crippen LogP contribution in [0.3, 0.4) is 0 Å². The lowest BCUT2D eigenvalue weighted by Crippen LogP contribution is -2.65. The quantitative estimate of drug-likeness (QED) is 0.142. The van der Waals surface area contributed by atoms with Gasteiger partial charge < -0.3 is 44.6 Å². The normalized spacial score (nSPS) is 48.8. The molecular weight excluding hydrogens is 656 g/mol. The second-order valence-electron chi connectivity index (χ2n) is 18.2. The largest absolute Gasteiger partial charge is 0.396 e. The fourth-order valence-electron chi connectivity index (χ4n) is 13.0. The van der Waals surface area contributed by atoms with Crippen molar-refractivity contribution in [2.45, 2.75) is 133 Å². The number of carbonyl (C=O) groups is 2. The molecule has 0 radical (unpaired) electrons. The van der Waals surface area contributed by atoms with Gasteiger partial charge in [0.25, 0.3) is 0 Å². The second-order valence-corrected chi connectivity index (χ2v) is 18.2. The molecule has 12 nitrogen and oxygen atoms in total. The molecule has 6 N–H and O–H groups in total. The topological polar surface area (TPSA) is 178 Å². The van der Waals surface area contributed by atoms with Crippen molar-refractivity contribution in [2.75, 3.05) is 40.0 Å². The zero-order chi connectivity index (χ0) is 36.2. The number of hydrogen-bond donors (Lipinski definition) is 6. The van der Waals surface area contributed by atoms with Gasteiger partial charge in [-0.15, -0.1) is 0 Å². The maximum absolute atomic E-state index is 14.5. The van der Waals surface area contributed by atoms with Crippen LogP contribution in [0.15, 0.2) is 11.1 Å². The first kappa shape index (κ1) is 36.5. The molecule has 0 aromatic rings. The van der Waals surface area contributed by atoms with E-state index in [4.69, 9.17) is 14.2 Å². The first-order chi connectivity index (χ1) is 24.2. The molecule has 5 aliphatic carbocycles. The molecule has 286 valence electrons. The van der Waals surface area contributed by atoms with Crippen LogP contribution in [0, 0.1) is 46.3 Å². The van der Waals surface area contributed by atoms with Crippen molar-refractivity contribution in [1.82, 2.24) is 10.2 Å². The Morgan fingerprint density at radius 3 is 2.59 bits per heavy atom. The summed E-state index contributed by atoms with van der Waals surface area (Å²) >= 11 is 0. The zero-order valence-corrected chi connectivity index (χ0v) is 30.8. The molecular formula is C39H60N2O10. The Hall–Kier alpha value is -1.48. The van der Waals surface area contributed by atoms with Gasteiger partial charge in [-0.2, -0.15) is 0 Å². The van der Waals surface area contributed by atoms with E-state index < -0.39 is 65.0 Å². The number of nitrogens with zero attached hydrogens (tertiary/aromatic N) is 1. The van der Waals surface area contributed by atoms with Gasteiger partial charge in [0.15, 0.2) is 5.78 Å². The number of nitrogens with one attached hydrogen (secondary N) is 1. The summed E-state index contributed by atoms with van der Waals surface area (Å²) in [5.41, 5.74) is -2.41. The first-order valence-electron chi connectivity index (χ1n) is 19.7. The lowest BCUT2D eigenvalue weighted by Gasteiger charge is -2.63. The number of methoxy groups -OCH3 is 1. The van der Waals surface area contributed by atoms with Crippen molar-refractivity contribution in [3.63, 3.8) is 0 Å². The van der Waals surface area contributed by atoms with E-state index in [-0.39, 0.29) is 47.6 Å². The number of ketones is 1. The number of amides is 1. The van der Waals surface area contributed by atoms with E-state index >= 15 is 0 Å². The molecule has 3 saturated heterocycles. The number of piperidine rings is 1. The van der Waals surface area contributed by atoms with Gasteiger partial charge in [-0.25, -0.2) is 0 Å². The second kappa shape index (κ2) is 12.8. The molecule has 3 saturated carbocycles. The van der Waals surface area contributed by atoms with Gasteiger partial charge in [0.1, 0.15) is 18.4 Å². The van der Waals surface area contributed by atoms with Gasteiger partial charge in [-0.3, -0.25) is 14.9 Å². The fraction of sp³-hybridized carbons (Fsp3) is 0.897. The van der Waals surface area contributed by atoms with Crippen molar-refractivity contribution in [2.24, 2.45) is 46.3 Å². The van der Waals surface area contributed by atoms with Crippen molar-refractivity contribution in [1.29, 1.82) is 0 Å². The lowest BCUT2D eigenvalue weighted by atomic mass is 9.42. The highest BCUT2D eigenvalue weighted by molar-refractivity contribution is 6.00. The number of ether oxygens (including phenoxy) is 3. The number of Topliss-reactive ketones (excluding diaryl/α,β-unsaturated/α-hetero) is 1. The Labute approximate surface area is 301 Å². The van der Waals surface area contributed by atoms with Crippen LogP contribution < -0.4 is 5.32 Å². The Morgan fingerprint density at radius 2 is 1.88 bits per heavy atom. The van der Waals surface area contributed by atoms with Crippen LogP contribution in [0.5, 0.6) is 0 Å². The van der Waals surface area contributed by atoms with E-state index in [1.54, 1.807) is 18.9 Å². The van der Waals surface area contributed by atoms with Gasteiger partial charge >= 0.3 is 0 Å². The van der Waals surface area contributed by atoms with Crippen LogP contribution in [-0.4, -0.2) is 130 Å². The summed E-state index contributed by atoms with van der Waals surface area (Å²) in [5.74, 6) is -1.69. The van der Waals surface area contributed by atoms with Crippen LogP contribution in [0.1, 0.15) is 85.0 Å². The average molecular weight is 717 g/mol. The molecule has 8 rings (SSSR count). The smallest absolute Gasteiger partial charge is 0.239 e. The summed E-state index contributed by atoms with van der Waals surface area (Å²) in [7, 11) is 1.69.